The zero-order valence-corrected chi connectivity index (χ0v) is 21.2. The van der Waals surface area contributed by atoms with Crippen molar-refractivity contribution in [3.05, 3.63) is 60.7 Å². The summed E-state index contributed by atoms with van der Waals surface area (Å²) in [4.78, 5) is 14.5. The van der Waals surface area contributed by atoms with Crippen LogP contribution in [-0.4, -0.2) is 55.3 Å². The van der Waals surface area contributed by atoms with Crippen LogP contribution < -0.4 is 10.4 Å². The van der Waals surface area contributed by atoms with Crippen LogP contribution in [0.15, 0.2) is 60.7 Å². The summed E-state index contributed by atoms with van der Waals surface area (Å²) < 4.78 is 12.8. The number of aliphatic hydroxyl groups is 1. The molecular formula is C26H37NO4Si. The molecule has 1 N–H and O–H groups in total. The van der Waals surface area contributed by atoms with Crippen LogP contribution in [0.5, 0.6) is 0 Å². The van der Waals surface area contributed by atoms with Gasteiger partial charge in [-0.1, -0.05) is 81.4 Å². The van der Waals surface area contributed by atoms with E-state index in [4.69, 9.17) is 9.16 Å². The first kappa shape index (κ1) is 24.5. The SMILES string of the molecule is CC(C)(C)OC(=O)N1CC[C@@H](O[Si](c2ccccc2)(c2ccccc2)C(C)(C)C)[C@@H]1CO. The molecule has 1 amide bonds. The zero-order chi connectivity index (χ0) is 23.6. The summed E-state index contributed by atoms with van der Waals surface area (Å²) >= 11 is 0. The third kappa shape index (κ3) is 4.92. The van der Waals surface area contributed by atoms with Gasteiger partial charge in [-0.15, -0.1) is 0 Å². The van der Waals surface area contributed by atoms with Crippen molar-refractivity contribution < 1.29 is 19.1 Å². The highest BCUT2D eigenvalue weighted by Gasteiger charge is 2.53. The fourth-order valence-corrected chi connectivity index (χ4v) is 9.39. The Hall–Kier alpha value is -2.15. The van der Waals surface area contributed by atoms with Gasteiger partial charge in [0.1, 0.15) is 5.60 Å². The van der Waals surface area contributed by atoms with Gasteiger partial charge >= 0.3 is 6.09 Å². The molecule has 0 aliphatic carbocycles. The first-order valence-corrected chi connectivity index (χ1v) is 13.3. The van der Waals surface area contributed by atoms with Crippen LogP contribution in [0.25, 0.3) is 0 Å². The Morgan fingerprint density at radius 2 is 1.47 bits per heavy atom. The molecule has 1 aliphatic rings. The van der Waals surface area contributed by atoms with Crippen molar-refractivity contribution in [2.75, 3.05) is 13.2 Å². The summed E-state index contributed by atoms with van der Waals surface area (Å²) in [6, 6.07) is 20.4. The van der Waals surface area contributed by atoms with Gasteiger partial charge in [-0.25, -0.2) is 4.79 Å². The Labute approximate surface area is 193 Å². The van der Waals surface area contributed by atoms with Gasteiger partial charge in [-0.2, -0.15) is 0 Å². The Kier molecular flexibility index (Phi) is 7.17. The lowest BCUT2D eigenvalue weighted by molar-refractivity contribution is 0.00828. The Balaban J connectivity index is 2.03. The molecule has 0 aromatic heterocycles. The average molecular weight is 456 g/mol. The minimum atomic E-state index is -2.77. The second-order valence-corrected chi connectivity index (χ2v) is 14.8. The number of hydrogen-bond acceptors (Lipinski definition) is 4. The molecule has 2 aromatic rings. The monoisotopic (exact) mass is 455 g/mol. The maximum Gasteiger partial charge on any atom is 0.410 e. The second-order valence-electron chi connectivity index (χ2n) is 10.5. The van der Waals surface area contributed by atoms with Crippen molar-refractivity contribution in [2.24, 2.45) is 0 Å². The molecule has 0 unspecified atom stereocenters. The summed E-state index contributed by atoms with van der Waals surface area (Å²) in [5.41, 5.74) is -0.589. The van der Waals surface area contributed by atoms with E-state index in [1.54, 1.807) is 4.90 Å². The number of ether oxygens (including phenoxy) is 1. The van der Waals surface area contributed by atoms with E-state index in [0.29, 0.717) is 13.0 Å². The van der Waals surface area contributed by atoms with Gasteiger partial charge in [-0.05, 0) is 42.6 Å². The fourth-order valence-electron chi connectivity index (χ4n) is 4.64. The number of carbonyl (C=O) groups excluding carboxylic acids is 1. The van der Waals surface area contributed by atoms with Crippen molar-refractivity contribution in [1.29, 1.82) is 0 Å². The minimum Gasteiger partial charge on any atom is -0.444 e. The van der Waals surface area contributed by atoms with Gasteiger partial charge in [0, 0.05) is 6.54 Å². The van der Waals surface area contributed by atoms with E-state index < -0.39 is 26.1 Å². The minimum absolute atomic E-state index is 0.165. The van der Waals surface area contributed by atoms with Crippen LogP contribution in [0.2, 0.25) is 5.04 Å². The van der Waals surface area contributed by atoms with E-state index in [-0.39, 0.29) is 17.7 Å². The summed E-state index contributed by atoms with van der Waals surface area (Å²) in [6.45, 7) is 12.6. The molecule has 5 nitrogen and oxygen atoms in total. The van der Waals surface area contributed by atoms with Gasteiger partial charge in [0.2, 0.25) is 0 Å². The van der Waals surface area contributed by atoms with Crippen molar-refractivity contribution in [1.82, 2.24) is 4.90 Å². The normalized spacial score (nSPS) is 19.8. The van der Waals surface area contributed by atoms with Gasteiger partial charge in [0.05, 0.1) is 18.8 Å². The van der Waals surface area contributed by atoms with Gasteiger partial charge in [0.15, 0.2) is 0 Å². The molecule has 0 spiro atoms. The van der Waals surface area contributed by atoms with E-state index in [0.717, 1.165) is 0 Å². The Morgan fingerprint density at radius 1 is 0.969 bits per heavy atom. The molecule has 1 fully saturated rings. The third-order valence-electron chi connectivity index (χ3n) is 6.04. The maximum atomic E-state index is 12.8. The zero-order valence-electron chi connectivity index (χ0n) is 20.2. The quantitative estimate of drug-likeness (QED) is 0.694. The van der Waals surface area contributed by atoms with E-state index in [1.165, 1.54) is 10.4 Å². The van der Waals surface area contributed by atoms with Gasteiger partial charge in [-0.3, -0.25) is 0 Å². The van der Waals surface area contributed by atoms with Crippen LogP contribution in [0.1, 0.15) is 48.0 Å². The first-order valence-electron chi connectivity index (χ1n) is 11.4. The third-order valence-corrected chi connectivity index (χ3v) is 11.1. The Morgan fingerprint density at radius 3 is 1.88 bits per heavy atom. The number of benzene rings is 2. The highest BCUT2D eigenvalue weighted by molar-refractivity contribution is 6.99. The molecule has 1 saturated heterocycles. The number of amides is 1. The molecule has 0 saturated carbocycles. The van der Waals surface area contributed by atoms with Crippen molar-refractivity contribution in [3.63, 3.8) is 0 Å². The number of carbonyl (C=O) groups is 1. The van der Waals surface area contributed by atoms with Gasteiger partial charge in [0.25, 0.3) is 8.32 Å². The molecule has 1 aliphatic heterocycles. The molecule has 32 heavy (non-hydrogen) atoms. The highest BCUT2D eigenvalue weighted by atomic mass is 28.4. The molecule has 174 valence electrons. The lowest BCUT2D eigenvalue weighted by Gasteiger charge is -2.45. The summed E-state index contributed by atoms with van der Waals surface area (Å²) in [7, 11) is -2.77. The molecule has 0 radical (unpaired) electrons. The van der Waals surface area contributed by atoms with E-state index in [1.807, 2.05) is 32.9 Å². The smallest absolute Gasteiger partial charge is 0.410 e. The van der Waals surface area contributed by atoms with Crippen molar-refractivity contribution in [3.8, 4) is 0 Å². The summed E-state index contributed by atoms with van der Waals surface area (Å²) in [6.07, 6.45) is -0.0153. The molecule has 0 bridgehead atoms. The number of rotatable bonds is 5. The van der Waals surface area contributed by atoms with E-state index in [2.05, 4.69) is 69.3 Å². The predicted molar refractivity (Wildman–Crippen MR) is 131 cm³/mol. The highest BCUT2D eigenvalue weighted by Crippen LogP contribution is 2.39. The fraction of sp³-hybridized carbons (Fsp3) is 0.500. The molecule has 1 heterocycles. The van der Waals surface area contributed by atoms with Crippen molar-refractivity contribution >= 4 is 24.8 Å². The predicted octanol–water partition coefficient (Wildman–Crippen LogP) is 3.93. The standard InChI is InChI=1S/C26H37NO4Si/c1-25(2,3)30-24(29)27-18-17-23(22(27)19-28)31-32(26(4,5)6,20-13-9-7-10-14-20)21-15-11-8-12-16-21/h7-16,22-23,28H,17-19H2,1-6H3/t22-,23+/m0/s1. The lowest BCUT2D eigenvalue weighted by atomic mass is 10.2. The first-order chi connectivity index (χ1) is 15.0. The van der Waals surface area contributed by atoms with Crippen LogP contribution in [-0.2, 0) is 9.16 Å². The van der Waals surface area contributed by atoms with Crippen LogP contribution in [0, 0.1) is 0 Å². The second kappa shape index (κ2) is 9.38. The number of aliphatic hydroxyl groups excluding tert-OH is 1. The van der Waals surface area contributed by atoms with E-state index >= 15 is 0 Å². The molecular weight excluding hydrogens is 418 g/mol. The number of hydrogen-bond donors (Lipinski definition) is 1. The number of likely N-dealkylation sites (tertiary alicyclic amines) is 1. The van der Waals surface area contributed by atoms with Crippen LogP contribution in [0.3, 0.4) is 0 Å². The molecule has 2 aromatic carbocycles. The Bertz CT molecular complexity index is 850. The van der Waals surface area contributed by atoms with Crippen LogP contribution >= 0.6 is 0 Å². The topological polar surface area (TPSA) is 59.0 Å². The molecule has 6 heteroatoms. The van der Waals surface area contributed by atoms with Crippen molar-refractivity contribution in [2.45, 2.75) is 70.7 Å². The van der Waals surface area contributed by atoms with Crippen LogP contribution in [0.4, 0.5) is 4.79 Å². The molecule has 2 atom stereocenters. The maximum absolute atomic E-state index is 12.8. The number of nitrogens with zero attached hydrogens (tertiary/aromatic N) is 1. The lowest BCUT2D eigenvalue weighted by Crippen LogP contribution is -2.68. The summed E-state index contributed by atoms with van der Waals surface area (Å²) in [5, 5.41) is 12.5. The average Bonchev–Trinajstić information content (AvgIpc) is 3.14. The summed E-state index contributed by atoms with van der Waals surface area (Å²) in [5.74, 6) is 0. The largest absolute Gasteiger partial charge is 0.444 e. The van der Waals surface area contributed by atoms with Gasteiger partial charge < -0.3 is 19.2 Å². The molecule has 3 rings (SSSR count). The van der Waals surface area contributed by atoms with E-state index in [9.17, 15) is 9.90 Å².